The van der Waals surface area contributed by atoms with Gasteiger partial charge in [-0.05, 0) is 94.3 Å². The molecule has 1 atom stereocenters. The van der Waals surface area contributed by atoms with Crippen LogP contribution in [0.3, 0.4) is 0 Å². The van der Waals surface area contributed by atoms with Gasteiger partial charge in [0.15, 0.2) is 11.6 Å². The number of benzene rings is 9. The van der Waals surface area contributed by atoms with Gasteiger partial charge in [-0.25, -0.2) is 19.9 Å². The summed E-state index contributed by atoms with van der Waals surface area (Å²) in [4.78, 5) is 21.0. The minimum atomic E-state index is 0.232. The van der Waals surface area contributed by atoms with E-state index in [-0.39, 0.29) is 5.92 Å². The van der Waals surface area contributed by atoms with Gasteiger partial charge in [0, 0.05) is 50.2 Å². The molecular weight excluding hydrogens is 899 g/mol. The Kier molecular flexibility index (Phi) is 12.7. The highest BCUT2D eigenvalue weighted by Crippen LogP contribution is 2.46. The molecular formula is C69H51N5. The summed E-state index contributed by atoms with van der Waals surface area (Å²) in [5, 5.41) is 3.98. The van der Waals surface area contributed by atoms with E-state index in [1.165, 1.54) is 16.7 Å². The van der Waals surface area contributed by atoms with Crippen LogP contribution < -0.4 is 5.32 Å². The fraction of sp³-hybridized carbons (Fsp3) is 0.0435. The summed E-state index contributed by atoms with van der Waals surface area (Å²) in [6.45, 7) is 2.34. The molecule has 1 N–H and O–H groups in total. The molecule has 2 heterocycles. The van der Waals surface area contributed by atoms with Gasteiger partial charge in [0.1, 0.15) is 0 Å². The van der Waals surface area contributed by atoms with Gasteiger partial charge in [-0.3, -0.25) is 0 Å². The van der Waals surface area contributed by atoms with Crippen LogP contribution in [0.2, 0.25) is 0 Å². The third-order valence-corrected chi connectivity index (χ3v) is 13.7. The summed E-state index contributed by atoms with van der Waals surface area (Å²) < 4.78 is 0. The molecule has 0 bridgehead atoms. The van der Waals surface area contributed by atoms with E-state index in [1.807, 2.05) is 24.3 Å². The average molecular weight is 950 g/mol. The molecule has 9 aromatic carbocycles. The van der Waals surface area contributed by atoms with Crippen LogP contribution in [0.15, 0.2) is 267 Å². The summed E-state index contributed by atoms with van der Waals surface area (Å²) in [5.74, 6) is 1.55. The number of hydrogen-bond donors (Lipinski definition) is 1. The van der Waals surface area contributed by atoms with Gasteiger partial charge in [-0.15, -0.1) is 0 Å². The molecule has 1 unspecified atom stereocenters. The number of para-hydroxylation sites is 1. The second-order valence-corrected chi connectivity index (χ2v) is 18.7. The molecule has 0 radical (unpaired) electrons. The average Bonchev–Trinajstić information content (AvgIpc) is 3.48. The third kappa shape index (κ3) is 9.75. The van der Waals surface area contributed by atoms with Crippen molar-refractivity contribution in [2.45, 2.75) is 13.3 Å². The Morgan fingerprint density at radius 3 is 1.19 bits per heavy atom. The van der Waals surface area contributed by atoms with Crippen molar-refractivity contribution in [1.82, 2.24) is 19.9 Å². The van der Waals surface area contributed by atoms with Gasteiger partial charge in [0.05, 0.1) is 28.5 Å². The van der Waals surface area contributed by atoms with Crippen molar-refractivity contribution in [3.05, 3.63) is 278 Å². The van der Waals surface area contributed by atoms with Crippen molar-refractivity contribution in [3.8, 4) is 90.1 Å². The minimum Gasteiger partial charge on any atom is -0.355 e. The normalized spacial score (nSPS) is 13.2. The van der Waals surface area contributed by atoms with Crippen LogP contribution in [0.4, 0.5) is 11.4 Å². The molecule has 1 aliphatic carbocycles. The number of nitrogens with zero attached hydrogens (tertiary/aromatic N) is 4. The van der Waals surface area contributed by atoms with Crippen molar-refractivity contribution < 1.29 is 0 Å². The minimum absolute atomic E-state index is 0.232. The molecule has 0 spiro atoms. The quantitative estimate of drug-likeness (QED) is 0.132. The van der Waals surface area contributed by atoms with Gasteiger partial charge < -0.3 is 5.32 Å². The zero-order valence-corrected chi connectivity index (χ0v) is 41.0. The Bertz CT molecular complexity index is 3700. The monoisotopic (exact) mass is 949 g/mol. The first-order valence-corrected chi connectivity index (χ1v) is 25.3. The van der Waals surface area contributed by atoms with Crippen LogP contribution in [0.1, 0.15) is 24.5 Å². The zero-order valence-electron chi connectivity index (χ0n) is 41.0. The van der Waals surface area contributed by atoms with Crippen LogP contribution in [-0.4, -0.2) is 19.9 Å². The molecule has 11 aromatic rings. The lowest BCUT2D eigenvalue weighted by Gasteiger charge is -2.26. The van der Waals surface area contributed by atoms with Crippen molar-refractivity contribution in [3.63, 3.8) is 0 Å². The van der Waals surface area contributed by atoms with Gasteiger partial charge >= 0.3 is 0 Å². The van der Waals surface area contributed by atoms with E-state index in [9.17, 15) is 0 Å². The smallest absolute Gasteiger partial charge is 0.160 e. The molecule has 5 heteroatoms. The zero-order chi connectivity index (χ0) is 49.6. The molecule has 0 saturated heterocycles. The standard InChI is InChI=1S/C69H51N5/c1-47-38-39-54(48-22-8-2-9-23-48)42-60(47)62-44-58(53-32-20-34-56(40-53)68-71-63(49-24-10-3-11-25-49)45-64(72-68)50-26-12-4-13-27-50)43-61(67(62)70-59-36-18-7-19-37-59)55-33-21-35-57(41-55)69-73-65(51-28-14-5-15-29-51)46-66(74-69)52-30-16-6-17-31-52/h2-37,39-47,70H,38H2,1H3. The van der Waals surface area contributed by atoms with Crippen LogP contribution in [0.5, 0.6) is 0 Å². The van der Waals surface area contributed by atoms with Crippen molar-refractivity contribution in [2.24, 2.45) is 5.92 Å². The van der Waals surface area contributed by atoms with Gasteiger partial charge in [0.25, 0.3) is 0 Å². The first kappa shape index (κ1) is 45.6. The molecule has 74 heavy (non-hydrogen) atoms. The molecule has 352 valence electrons. The summed E-state index contributed by atoms with van der Waals surface area (Å²) in [6.07, 6.45) is 5.69. The van der Waals surface area contributed by atoms with Crippen LogP contribution in [-0.2, 0) is 0 Å². The van der Waals surface area contributed by atoms with E-state index < -0.39 is 0 Å². The molecule has 12 rings (SSSR count). The summed E-state index contributed by atoms with van der Waals surface area (Å²) in [7, 11) is 0. The van der Waals surface area contributed by atoms with Crippen LogP contribution >= 0.6 is 0 Å². The van der Waals surface area contributed by atoms with E-state index in [0.29, 0.717) is 11.6 Å². The highest BCUT2D eigenvalue weighted by Gasteiger charge is 2.24. The van der Waals surface area contributed by atoms with E-state index in [4.69, 9.17) is 19.9 Å². The first-order valence-electron chi connectivity index (χ1n) is 25.3. The van der Waals surface area contributed by atoms with Gasteiger partial charge in [-0.1, -0.05) is 225 Å². The van der Waals surface area contributed by atoms with Crippen LogP contribution in [0.25, 0.3) is 101 Å². The number of rotatable bonds is 12. The lowest BCUT2D eigenvalue weighted by Crippen LogP contribution is -2.07. The lowest BCUT2D eigenvalue weighted by atomic mass is 9.80. The Morgan fingerprint density at radius 1 is 0.338 bits per heavy atom. The Labute approximate surface area is 433 Å². The largest absolute Gasteiger partial charge is 0.355 e. The Morgan fingerprint density at radius 2 is 0.716 bits per heavy atom. The van der Waals surface area contributed by atoms with E-state index in [1.54, 1.807) is 0 Å². The van der Waals surface area contributed by atoms with Gasteiger partial charge in [-0.2, -0.15) is 0 Å². The number of anilines is 2. The number of aromatic nitrogens is 4. The highest BCUT2D eigenvalue weighted by molar-refractivity contribution is 5.98. The summed E-state index contributed by atoms with van der Waals surface area (Å²) in [6, 6.07) is 88.9. The predicted molar refractivity (Wildman–Crippen MR) is 307 cm³/mol. The maximum Gasteiger partial charge on any atom is 0.160 e. The Balaban J connectivity index is 1.07. The Hall–Kier alpha value is -9.58. The third-order valence-electron chi connectivity index (χ3n) is 13.7. The second-order valence-electron chi connectivity index (χ2n) is 18.7. The maximum absolute atomic E-state index is 5.26. The molecule has 5 nitrogen and oxygen atoms in total. The maximum atomic E-state index is 5.26. The fourth-order valence-corrected chi connectivity index (χ4v) is 9.88. The number of allylic oxidation sites excluding steroid dienone is 4. The van der Waals surface area contributed by atoms with E-state index in [0.717, 1.165) is 102 Å². The van der Waals surface area contributed by atoms with Crippen LogP contribution in [0, 0.1) is 5.92 Å². The topological polar surface area (TPSA) is 63.6 Å². The summed E-state index contributed by atoms with van der Waals surface area (Å²) in [5.41, 5.74) is 20.5. The van der Waals surface area contributed by atoms with Crippen molar-refractivity contribution >= 4 is 22.5 Å². The molecule has 0 aliphatic heterocycles. The number of nitrogens with one attached hydrogen (secondary N) is 1. The van der Waals surface area contributed by atoms with E-state index in [2.05, 4.69) is 255 Å². The highest BCUT2D eigenvalue weighted by atomic mass is 14.9. The van der Waals surface area contributed by atoms with Crippen molar-refractivity contribution in [2.75, 3.05) is 5.32 Å². The first-order chi connectivity index (χ1) is 36.6. The molecule has 2 aromatic heterocycles. The molecule has 0 fully saturated rings. The van der Waals surface area contributed by atoms with E-state index >= 15 is 0 Å². The SMILES string of the molecule is CC1CC=C(c2ccccc2)C=C1c1cc(-c2cccc(-c3nc(-c4ccccc4)cc(-c4ccccc4)n3)c2)cc(-c2cccc(-c3nc(-c4ccccc4)cc(-c4ccccc4)n3)c2)c1Nc1ccccc1. The number of hydrogen-bond acceptors (Lipinski definition) is 5. The fourth-order valence-electron chi connectivity index (χ4n) is 9.88. The lowest BCUT2D eigenvalue weighted by molar-refractivity contribution is 0.761. The predicted octanol–water partition coefficient (Wildman–Crippen LogP) is 17.9. The molecule has 0 amide bonds. The second kappa shape index (κ2) is 20.6. The molecule has 0 saturated carbocycles. The summed E-state index contributed by atoms with van der Waals surface area (Å²) >= 11 is 0. The molecule has 1 aliphatic rings. The van der Waals surface area contributed by atoms with Crippen molar-refractivity contribution in [1.29, 1.82) is 0 Å². The van der Waals surface area contributed by atoms with Gasteiger partial charge in [0.2, 0.25) is 0 Å².